The smallest absolute Gasteiger partial charge is 0.165 e. The molecule has 1 atom stereocenters. The molecule has 1 unspecified atom stereocenters. The number of hydrogen-bond acceptors (Lipinski definition) is 4. The minimum absolute atomic E-state index is 0.200. The summed E-state index contributed by atoms with van der Waals surface area (Å²) >= 11 is 1.57. The van der Waals surface area contributed by atoms with Crippen LogP contribution >= 0.6 is 11.3 Å². The Balaban J connectivity index is 2.27. The van der Waals surface area contributed by atoms with Crippen LogP contribution in [0, 0.1) is 5.82 Å². The second-order valence-corrected chi connectivity index (χ2v) is 5.05. The number of benzene rings is 1. The number of hydrogen-bond donors (Lipinski definition) is 1. The first kappa shape index (κ1) is 14.0. The van der Waals surface area contributed by atoms with Gasteiger partial charge in [0.05, 0.1) is 18.3 Å². The molecule has 19 heavy (non-hydrogen) atoms. The lowest BCUT2D eigenvalue weighted by Crippen LogP contribution is -2.11. The van der Waals surface area contributed by atoms with Crippen LogP contribution in [0.3, 0.4) is 0 Å². The van der Waals surface area contributed by atoms with Crippen LogP contribution in [-0.4, -0.2) is 18.6 Å². The van der Waals surface area contributed by atoms with Crippen LogP contribution in [0.4, 0.5) is 4.39 Å². The molecule has 1 aromatic heterocycles. The molecule has 0 radical (unpaired) electrons. The molecule has 2 aromatic rings. The highest BCUT2D eigenvalue weighted by molar-refractivity contribution is 7.10. The molecule has 0 amide bonds. The zero-order valence-electron chi connectivity index (χ0n) is 11.2. The van der Waals surface area contributed by atoms with E-state index in [4.69, 9.17) is 4.74 Å². The molecular weight excluding hydrogens is 263 g/mol. The summed E-state index contributed by atoms with van der Waals surface area (Å²) < 4.78 is 19.0. The second kappa shape index (κ2) is 6.12. The van der Waals surface area contributed by atoms with Gasteiger partial charge >= 0.3 is 0 Å². The van der Waals surface area contributed by atoms with Crippen LogP contribution in [-0.2, 0) is 0 Å². The maximum Gasteiger partial charge on any atom is 0.165 e. The van der Waals surface area contributed by atoms with E-state index in [1.54, 1.807) is 17.4 Å². The Labute approximate surface area is 116 Å². The van der Waals surface area contributed by atoms with E-state index in [9.17, 15) is 4.39 Å². The molecule has 0 aliphatic heterocycles. The minimum Gasteiger partial charge on any atom is -0.491 e. The third-order valence-electron chi connectivity index (χ3n) is 2.85. The lowest BCUT2D eigenvalue weighted by Gasteiger charge is -2.06. The van der Waals surface area contributed by atoms with Crippen LogP contribution < -0.4 is 10.1 Å². The normalized spacial score (nSPS) is 12.4. The van der Waals surface area contributed by atoms with E-state index < -0.39 is 0 Å². The molecule has 1 heterocycles. The highest BCUT2D eigenvalue weighted by Gasteiger charge is 2.11. The predicted molar refractivity (Wildman–Crippen MR) is 76.2 cm³/mol. The van der Waals surface area contributed by atoms with Crippen molar-refractivity contribution in [1.82, 2.24) is 10.3 Å². The molecule has 5 heteroatoms. The molecule has 0 fully saturated rings. The average molecular weight is 280 g/mol. The summed E-state index contributed by atoms with van der Waals surface area (Å²) in [4.78, 5) is 4.52. The lowest BCUT2D eigenvalue weighted by molar-refractivity contribution is 0.321. The molecule has 0 spiro atoms. The van der Waals surface area contributed by atoms with E-state index in [1.165, 1.54) is 6.07 Å². The Morgan fingerprint density at radius 3 is 2.89 bits per heavy atom. The summed E-state index contributed by atoms with van der Waals surface area (Å²) in [6.07, 6.45) is 0. The van der Waals surface area contributed by atoms with E-state index in [1.807, 2.05) is 32.3 Å². The van der Waals surface area contributed by atoms with E-state index >= 15 is 0 Å². The fourth-order valence-corrected chi connectivity index (χ4v) is 2.57. The van der Waals surface area contributed by atoms with Gasteiger partial charge < -0.3 is 10.1 Å². The quantitative estimate of drug-likeness (QED) is 0.908. The largest absolute Gasteiger partial charge is 0.491 e. The van der Waals surface area contributed by atoms with Crippen LogP contribution in [0.2, 0.25) is 0 Å². The molecule has 0 saturated heterocycles. The number of halogens is 1. The maximum atomic E-state index is 13.8. The third-order valence-corrected chi connectivity index (χ3v) is 3.88. The van der Waals surface area contributed by atoms with Gasteiger partial charge in [-0.2, -0.15) is 0 Å². The zero-order chi connectivity index (χ0) is 13.8. The van der Waals surface area contributed by atoms with Crippen molar-refractivity contribution < 1.29 is 9.13 Å². The van der Waals surface area contributed by atoms with Gasteiger partial charge in [0.25, 0.3) is 0 Å². The van der Waals surface area contributed by atoms with E-state index in [0.29, 0.717) is 6.61 Å². The van der Waals surface area contributed by atoms with Gasteiger partial charge in [-0.25, -0.2) is 9.37 Å². The van der Waals surface area contributed by atoms with Crippen molar-refractivity contribution in [3.05, 3.63) is 34.4 Å². The Hall–Kier alpha value is -1.46. The SMILES string of the molecule is CCOc1ccc(-c2csc(C(C)NC)n2)cc1F. The number of thiazole rings is 1. The first-order chi connectivity index (χ1) is 9.15. The summed E-state index contributed by atoms with van der Waals surface area (Å²) in [6.45, 7) is 4.33. The van der Waals surface area contributed by atoms with E-state index in [-0.39, 0.29) is 17.6 Å². The van der Waals surface area contributed by atoms with E-state index in [0.717, 1.165) is 16.3 Å². The van der Waals surface area contributed by atoms with Crippen LogP contribution in [0.5, 0.6) is 5.75 Å². The standard InChI is InChI=1S/C14H17FN2OS/c1-4-18-13-6-5-10(7-11(13)15)12-8-19-14(17-12)9(2)16-3/h5-9,16H,4H2,1-3H3. The van der Waals surface area contributed by atoms with Crippen LogP contribution in [0.25, 0.3) is 11.3 Å². The summed E-state index contributed by atoms with van der Waals surface area (Å²) in [5.74, 6) is -0.0686. The molecule has 0 bridgehead atoms. The molecule has 2 rings (SSSR count). The van der Waals surface area contributed by atoms with Gasteiger partial charge in [-0.15, -0.1) is 11.3 Å². The van der Waals surface area contributed by atoms with Gasteiger partial charge in [0.15, 0.2) is 11.6 Å². The fraction of sp³-hybridized carbons (Fsp3) is 0.357. The van der Waals surface area contributed by atoms with Crippen molar-refractivity contribution in [2.75, 3.05) is 13.7 Å². The molecular formula is C14H17FN2OS. The topological polar surface area (TPSA) is 34.1 Å². The van der Waals surface area contributed by atoms with Crippen molar-refractivity contribution in [1.29, 1.82) is 0 Å². The number of nitrogens with one attached hydrogen (secondary N) is 1. The molecule has 102 valence electrons. The van der Waals surface area contributed by atoms with Crippen molar-refractivity contribution in [2.45, 2.75) is 19.9 Å². The van der Waals surface area contributed by atoms with Gasteiger partial charge in [-0.3, -0.25) is 0 Å². The highest BCUT2D eigenvalue weighted by atomic mass is 32.1. The fourth-order valence-electron chi connectivity index (χ4n) is 1.68. The first-order valence-electron chi connectivity index (χ1n) is 6.21. The van der Waals surface area contributed by atoms with Crippen molar-refractivity contribution in [3.8, 4) is 17.0 Å². The Morgan fingerprint density at radius 2 is 2.26 bits per heavy atom. The summed E-state index contributed by atoms with van der Waals surface area (Å²) in [6, 6.07) is 5.14. The predicted octanol–water partition coefficient (Wildman–Crippen LogP) is 3.63. The van der Waals surface area contributed by atoms with Crippen LogP contribution in [0.15, 0.2) is 23.6 Å². The van der Waals surface area contributed by atoms with Gasteiger partial charge in [0.1, 0.15) is 5.01 Å². The zero-order valence-corrected chi connectivity index (χ0v) is 12.1. The summed E-state index contributed by atoms with van der Waals surface area (Å²) in [5.41, 5.74) is 1.57. The van der Waals surface area contributed by atoms with Crippen molar-refractivity contribution in [3.63, 3.8) is 0 Å². The molecule has 3 nitrogen and oxygen atoms in total. The number of nitrogens with zero attached hydrogens (tertiary/aromatic N) is 1. The number of rotatable bonds is 5. The molecule has 1 N–H and O–H groups in total. The lowest BCUT2D eigenvalue weighted by atomic mass is 10.1. The average Bonchev–Trinajstić information content (AvgIpc) is 2.90. The summed E-state index contributed by atoms with van der Waals surface area (Å²) in [5, 5.41) is 6.07. The second-order valence-electron chi connectivity index (χ2n) is 4.16. The number of ether oxygens (including phenoxy) is 1. The van der Waals surface area contributed by atoms with Crippen molar-refractivity contribution >= 4 is 11.3 Å². The van der Waals surface area contributed by atoms with Gasteiger partial charge in [0, 0.05) is 10.9 Å². The van der Waals surface area contributed by atoms with E-state index in [2.05, 4.69) is 10.3 Å². The Morgan fingerprint density at radius 1 is 1.47 bits per heavy atom. The maximum absolute atomic E-state index is 13.8. The summed E-state index contributed by atoms with van der Waals surface area (Å²) in [7, 11) is 1.89. The monoisotopic (exact) mass is 280 g/mol. The minimum atomic E-state index is -0.351. The third kappa shape index (κ3) is 3.11. The first-order valence-corrected chi connectivity index (χ1v) is 7.09. The van der Waals surface area contributed by atoms with Gasteiger partial charge in [0.2, 0.25) is 0 Å². The Bertz CT molecular complexity index is 556. The highest BCUT2D eigenvalue weighted by Crippen LogP contribution is 2.28. The van der Waals surface area contributed by atoms with Gasteiger partial charge in [-0.1, -0.05) is 0 Å². The molecule has 0 aliphatic carbocycles. The Kier molecular flexibility index (Phi) is 4.50. The van der Waals surface area contributed by atoms with Gasteiger partial charge in [-0.05, 0) is 39.1 Å². The van der Waals surface area contributed by atoms with Crippen molar-refractivity contribution in [2.24, 2.45) is 0 Å². The molecule has 0 aliphatic rings. The van der Waals surface area contributed by atoms with Crippen LogP contribution in [0.1, 0.15) is 24.9 Å². The molecule has 1 aromatic carbocycles. The number of aromatic nitrogens is 1. The molecule has 0 saturated carbocycles.